The van der Waals surface area contributed by atoms with Crippen LogP contribution in [0.15, 0.2) is 6.20 Å². The van der Waals surface area contributed by atoms with E-state index in [1.54, 1.807) is 4.68 Å². The van der Waals surface area contributed by atoms with Crippen LogP contribution in [0.4, 0.5) is 0 Å². The molecule has 0 unspecified atom stereocenters. The number of amides is 1. The van der Waals surface area contributed by atoms with Crippen LogP contribution in [0.5, 0.6) is 0 Å². The van der Waals surface area contributed by atoms with Gasteiger partial charge in [-0.1, -0.05) is 38.3 Å². The highest BCUT2D eigenvalue weighted by atomic mass is 16.2. The van der Waals surface area contributed by atoms with Gasteiger partial charge in [0, 0.05) is 25.7 Å². The van der Waals surface area contributed by atoms with E-state index in [1.807, 2.05) is 11.1 Å². The van der Waals surface area contributed by atoms with E-state index in [0.717, 1.165) is 31.6 Å². The third-order valence-electron chi connectivity index (χ3n) is 3.78. The molecule has 2 heterocycles. The molecule has 21 heavy (non-hydrogen) atoms. The molecule has 6 heteroatoms. The second kappa shape index (κ2) is 8.12. The minimum Gasteiger partial charge on any atom is -0.341 e. The molecule has 1 fully saturated rings. The lowest BCUT2D eigenvalue weighted by atomic mass is 10.1. The fourth-order valence-electron chi connectivity index (χ4n) is 2.54. The van der Waals surface area contributed by atoms with Gasteiger partial charge in [0.2, 0.25) is 5.91 Å². The van der Waals surface area contributed by atoms with E-state index < -0.39 is 0 Å². The van der Waals surface area contributed by atoms with E-state index in [2.05, 4.69) is 29.5 Å². The quantitative estimate of drug-likeness (QED) is 0.895. The summed E-state index contributed by atoms with van der Waals surface area (Å²) in [6.45, 7) is 6.94. The van der Waals surface area contributed by atoms with Crippen molar-refractivity contribution in [1.29, 1.82) is 0 Å². The van der Waals surface area contributed by atoms with Crippen LogP contribution in [-0.2, 0) is 17.9 Å². The minimum absolute atomic E-state index is 0.158. The van der Waals surface area contributed by atoms with Gasteiger partial charge in [-0.3, -0.25) is 4.79 Å². The largest absolute Gasteiger partial charge is 0.341 e. The van der Waals surface area contributed by atoms with Crippen LogP contribution in [-0.4, -0.2) is 44.9 Å². The summed E-state index contributed by atoms with van der Waals surface area (Å²) in [5.41, 5.74) is 0.879. The maximum atomic E-state index is 12.3. The first-order valence-electron chi connectivity index (χ1n) is 8.05. The fraction of sp³-hybridized carbons (Fsp3) is 0.800. The van der Waals surface area contributed by atoms with Gasteiger partial charge in [0.25, 0.3) is 0 Å². The van der Waals surface area contributed by atoms with Crippen molar-refractivity contribution < 1.29 is 4.79 Å². The van der Waals surface area contributed by atoms with Crippen molar-refractivity contribution in [3.8, 4) is 0 Å². The van der Waals surface area contributed by atoms with Gasteiger partial charge in [-0.25, -0.2) is 4.68 Å². The van der Waals surface area contributed by atoms with E-state index in [4.69, 9.17) is 0 Å². The minimum atomic E-state index is 0.158. The molecule has 1 saturated heterocycles. The molecule has 0 bridgehead atoms. The van der Waals surface area contributed by atoms with Crippen LogP contribution in [0.25, 0.3) is 0 Å². The van der Waals surface area contributed by atoms with Crippen LogP contribution in [0.1, 0.15) is 51.6 Å². The van der Waals surface area contributed by atoms with Gasteiger partial charge in [-0.2, -0.15) is 0 Å². The zero-order valence-corrected chi connectivity index (χ0v) is 13.2. The number of aromatic nitrogens is 3. The molecular weight excluding hydrogens is 266 g/mol. The molecule has 0 aliphatic carbocycles. The Morgan fingerprint density at radius 3 is 2.57 bits per heavy atom. The molecule has 0 spiro atoms. The van der Waals surface area contributed by atoms with Gasteiger partial charge >= 0.3 is 0 Å². The Kier molecular flexibility index (Phi) is 6.17. The summed E-state index contributed by atoms with van der Waals surface area (Å²) >= 11 is 0. The Hall–Kier alpha value is -1.43. The molecule has 1 aromatic heterocycles. The predicted octanol–water partition coefficient (Wildman–Crippen LogP) is 1.57. The molecule has 0 saturated carbocycles. The Labute approximate surface area is 126 Å². The lowest BCUT2D eigenvalue weighted by molar-refractivity contribution is -0.132. The molecule has 0 atom stereocenters. The van der Waals surface area contributed by atoms with Gasteiger partial charge in [-0.05, 0) is 12.8 Å². The highest BCUT2D eigenvalue weighted by Gasteiger charge is 2.15. The van der Waals surface area contributed by atoms with Crippen molar-refractivity contribution in [3.05, 3.63) is 11.9 Å². The van der Waals surface area contributed by atoms with Crippen LogP contribution in [0.3, 0.4) is 0 Å². The van der Waals surface area contributed by atoms with E-state index in [-0.39, 0.29) is 5.91 Å². The zero-order valence-electron chi connectivity index (χ0n) is 13.2. The predicted molar refractivity (Wildman–Crippen MR) is 81.7 cm³/mol. The van der Waals surface area contributed by atoms with Crippen molar-refractivity contribution in [2.24, 2.45) is 0 Å². The highest BCUT2D eigenvalue weighted by Crippen LogP contribution is 2.11. The van der Waals surface area contributed by atoms with Crippen molar-refractivity contribution in [2.45, 2.75) is 65.1 Å². The summed E-state index contributed by atoms with van der Waals surface area (Å²) in [6, 6.07) is 0.415. The standard InChI is InChI=1S/C15H27N5O/c1-13(2)16-10-14-11-20(18-17-14)12-15(21)19-8-6-4-3-5-7-9-19/h11,13,16H,3-10,12H2,1-2H3. The monoisotopic (exact) mass is 293 g/mol. The van der Waals surface area contributed by atoms with Gasteiger partial charge < -0.3 is 10.2 Å². The number of nitrogens with zero attached hydrogens (tertiary/aromatic N) is 4. The van der Waals surface area contributed by atoms with E-state index in [9.17, 15) is 4.79 Å². The Morgan fingerprint density at radius 2 is 1.90 bits per heavy atom. The molecule has 2 rings (SSSR count). The van der Waals surface area contributed by atoms with Crippen molar-refractivity contribution in [1.82, 2.24) is 25.2 Å². The van der Waals surface area contributed by atoms with Crippen LogP contribution < -0.4 is 5.32 Å². The number of hydrogen-bond donors (Lipinski definition) is 1. The van der Waals surface area contributed by atoms with Gasteiger partial charge in [0.15, 0.2) is 0 Å². The fourth-order valence-corrected chi connectivity index (χ4v) is 2.54. The lowest BCUT2D eigenvalue weighted by Crippen LogP contribution is -2.36. The number of carbonyl (C=O) groups is 1. The van der Waals surface area contributed by atoms with E-state index in [1.165, 1.54) is 19.3 Å². The topological polar surface area (TPSA) is 63.1 Å². The maximum Gasteiger partial charge on any atom is 0.244 e. The molecule has 1 aromatic rings. The first-order valence-corrected chi connectivity index (χ1v) is 8.05. The lowest BCUT2D eigenvalue weighted by Gasteiger charge is -2.24. The van der Waals surface area contributed by atoms with Crippen molar-refractivity contribution >= 4 is 5.91 Å². The average Bonchev–Trinajstić information content (AvgIpc) is 2.83. The Balaban J connectivity index is 1.83. The van der Waals surface area contributed by atoms with E-state index >= 15 is 0 Å². The number of hydrogen-bond acceptors (Lipinski definition) is 4. The molecule has 1 N–H and O–H groups in total. The normalized spacial score (nSPS) is 16.8. The Bertz CT molecular complexity index is 435. The molecular formula is C15H27N5O. The Morgan fingerprint density at radius 1 is 1.24 bits per heavy atom. The van der Waals surface area contributed by atoms with E-state index in [0.29, 0.717) is 19.1 Å². The molecule has 118 valence electrons. The summed E-state index contributed by atoms with van der Waals surface area (Å²) in [7, 11) is 0. The van der Waals surface area contributed by atoms with Crippen LogP contribution >= 0.6 is 0 Å². The number of nitrogens with one attached hydrogen (secondary N) is 1. The maximum absolute atomic E-state index is 12.3. The van der Waals surface area contributed by atoms with Gasteiger partial charge in [0.1, 0.15) is 6.54 Å². The zero-order chi connectivity index (χ0) is 15.1. The molecule has 0 radical (unpaired) electrons. The average molecular weight is 293 g/mol. The first kappa shape index (κ1) is 15.9. The van der Waals surface area contributed by atoms with Crippen LogP contribution in [0.2, 0.25) is 0 Å². The molecule has 6 nitrogen and oxygen atoms in total. The summed E-state index contributed by atoms with van der Waals surface area (Å²) in [5.74, 6) is 0.158. The number of rotatable bonds is 5. The molecule has 0 aromatic carbocycles. The summed E-state index contributed by atoms with van der Waals surface area (Å²) < 4.78 is 1.65. The van der Waals surface area contributed by atoms with Crippen LogP contribution in [0, 0.1) is 0 Å². The molecule has 1 amide bonds. The SMILES string of the molecule is CC(C)NCc1cn(CC(=O)N2CCCCCCC2)nn1. The van der Waals surface area contributed by atoms with Gasteiger partial charge in [-0.15, -0.1) is 5.10 Å². The van der Waals surface area contributed by atoms with Crippen molar-refractivity contribution in [2.75, 3.05) is 13.1 Å². The molecule has 1 aliphatic heterocycles. The smallest absolute Gasteiger partial charge is 0.244 e. The van der Waals surface area contributed by atoms with Crippen molar-refractivity contribution in [3.63, 3.8) is 0 Å². The second-order valence-electron chi connectivity index (χ2n) is 6.09. The summed E-state index contributed by atoms with van der Waals surface area (Å²) in [6.07, 6.45) is 7.87. The highest BCUT2D eigenvalue weighted by molar-refractivity contribution is 5.75. The number of likely N-dealkylation sites (tertiary alicyclic amines) is 1. The summed E-state index contributed by atoms with van der Waals surface area (Å²) in [4.78, 5) is 14.3. The number of carbonyl (C=O) groups excluding carboxylic acids is 1. The second-order valence-corrected chi connectivity index (χ2v) is 6.09. The third-order valence-corrected chi connectivity index (χ3v) is 3.78. The third kappa shape index (κ3) is 5.46. The first-order chi connectivity index (χ1) is 10.1. The van der Waals surface area contributed by atoms with Gasteiger partial charge in [0.05, 0.1) is 11.9 Å². The molecule has 1 aliphatic rings. The summed E-state index contributed by atoms with van der Waals surface area (Å²) in [5, 5.41) is 11.4.